The van der Waals surface area contributed by atoms with Crippen LogP contribution in [0.15, 0.2) is 77.5 Å². The molecule has 0 saturated heterocycles. The summed E-state index contributed by atoms with van der Waals surface area (Å²) in [6.45, 7) is 3.51. The number of nitrogens with zero attached hydrogens (tertiary/aromatic N) is 1. The Hall–Kier alpha value is -3.85. The van der Waals surface area contributed by atoms with Gasteiger partial charge in [-0.15, -0.1) is 0 Å². The molecule has 4 rings (SSSR count). The number of esters is 1. The number of benzene rings is 3. The molecule has 1 heterocycles. The van der Waals surface area contributed by atoms with Gasteiger partial charge in [-0.3, -0.25) is 14.4 Å². The molecule has 8 nitrogen and oxygen atoms in total. The fourth-order valence-electron chi connectivity index (χ4n) is 3.55. The zero-order valence-corrected chi connectivity index (χ0v) is 22.3. The maximum absolute atomic E-state index is 13.1. The van der Waals surface area contributed by atoms with Crippen LogP contribution in [-0.4, -0.2) is 29.8 Å². The maximum Gasteiger partial charge on any atom is 0.338 e. The number of hydrogen-bond donors (Lipinski definition) is 2. The molecule has 0 aromatic heterocycles. The van der Waals surface area contributed by atoms with Crippen molar-refractivity contribution in [3.05, 3.63) is 98.6 Å². The second-order valence-electron chi connectivity index (χ2n) is 8.40. The van der Waals surface area contributed by atoms with Crippen LogP contribution in [0.25, 0.3) is 0 Å². The average molecular weight is 573 g/mol. The van der Waals surface area contributed by atoms with Crippen molar-refractivity contribution in [2.45, 2.75) is 20.0 Å². The van der Waals surface area contributed by atoms with E-state index in [1.54, 1.807) is 62.4 Å². The molecule has 0 unspecified atom stereocenters. The summed E-state index contributed by atoms with van der Waals surface area (Å²) in [4.78, 5) is 51.5. The highest BCUT2D eigenvalue weighted by Gasteiger charge is 2.40. The molecular weight excluding hydrogens is 553 g/mol. The lowest BCUT2D eigenvalue weighted by Crippen LogP contribution is -2.32. The summed E-state index contributed by atoms with van der Waals surface area (Å²) < 4.78 is 5.15. The summed E-state index contributed by atoms with van der Waals surface area (Å²) in [6.07, 6.45) is -0.247. The number of carbonyl (C=O) groups excluding carboxylic acids is 4. The highest BCUT2D eigenvalue weighted by atomic mass is 35.5. The zero-order chi connectivity index (χ0) is 27.6. The van der Waals surface area contributed by atoms with Crippen LogP contribution >= 0.6 is 34.8 Å². The Morgan fingerprint density at radius 2 is 1.53 bits per heavy atom. The Balaban J connectivity index is 1.48. The van der Waals surface area contributed by atoms with E-state index < -0.39 is 23.7 Å². The molecule has 194 valence electrons. The van der Waals surface area contributed by atoms with E-state index in [9.17, 15) is 19.2 Å². The van der Waals surface area contributed by atoms with Crippen molar-refractivity contribution in [1.29, 1.82) is 0 Å². The van der Waals surface area contributed by atoms with Crippen molar-refractivity contribution < 1.29 is 23.9 Å². The molecule has 0 saturated carbocycles. The van der Waals surface area contributed by atoms with E-state index in [0.29, 0.717) is 16.9 Å². The zero-order valence-electron chi connectivity index (χ0n) is 20.1. The van der Waals surface area contributed by atoms with Gasteiger partial charge in [0.15, 0.2) is 0 Å². The monoisotopic (exact) mass is 571 g/mol. The van der Waals surface area contributed by atoms with Gasteiger partial charge in [-0.1, -0.05) is 46.9 Å². The number of imide groups is 1. The third-order valence-corrected chi connectivity index (χ3v) is 6.47. The van der Waals surface area contributed by atoms with Gasteiger partial charge in [0.1, 0.15) is 10.7 Å². The second-order valence-corrected chi connectivity index (χ2v) is 9.56. The molecule has 0 fully saturated rings. The van der Waals surface area contributed by atoms with Crippen LogP contribution in [0.4, 0.5) is 17.1 Å². The van der Waals surface area contributed by atoms with Crippen LogP contribution in [0.3, 0.4) is 0 Å². The van der Waals surface area contributed by atoms with Crippen molar-refractivity contribution in [3.63, 3.8) is 0 Å². The Morgan fingerprint density at radius 1 is 0.842 bits per heavy atom. The first-order valence-corrected chi connectivity index (χ1v) is 12.4. The number of carbonyl (C=O) groups is 4. The highest BCUT2D eigenvalue weighted by Crippen LogP contribution is 2.37. The first kappa shape index (κ1) is 27.2. The van der Waals surface area contributed by atoms with Crippen LogP contribution in [0, 0.1) is 0 Å². The average Bonchev–Trinajstić information content (AvgIpc) is 3.09. The molecule has 1 aliphatic heterocycles. The van der Waals surface area contributed by atoms with Crippen LogP contribution in [0.5, 0.6) is 0 Å². The number of hydrogen-bond acceptors (Lipinski definition) is 6. The van der Waals surface area contributed by atoms with E-state index in [0.717, 1.165) is 4.90 Å². The van der Waals surface area contributed by atoms with E-state index in [2.05, 4.69) is 10.6 Å². The number of halogens is 3. The summed E-state index contributed by atoms with van der Waals surface area (Å²) in [5.74, 6) is -2.39. The van der Waals surface area contributed by atoms with Gasteiger partial charge in [-0.2, -0.15) is 0 Å². The number of ether oxygens (including phenoxy) is 1. The lowest BCUT2D eigenvalue weighted by Gasteiger charge is -2.17. The first-order valence-electron chi connectivity index (χ1n) is 11.3. The number of anilines is 3. The molecule has 38 heavy (non-hydrogen) atoms. The van der Waals surface area contributed by atoms with E-state index in [1.807, 2.05) is 0 Å². The Labute approximate surface area is 233 Å². The molecule has 2 N–H and O–H groups in total. The summed E-state index contributed by atoms with van der Waals surface area (Å²) in [7, 11) is 0. The van der Waals surface area contributed by atoms with Gasteiger partial charge in [0, 0.05) is 16.9 Å². The molecule has 3 amide bonds. The molecule has 0 atom stereocenters. The minimum absolute atomic E-state index is 0.0325. The Kier molecular flexibility index (Phi) is 8.06. The van der Waals surface area contributed by atoms with Gasteiger partial charge in [-0.05, 0) is 68.4 Å². The van der Waals surface area contributed by atoms with Crippen LogP contribution in [0.2, 0.25) is 10.0 Å². The quantitative estimate of drug-likeness (QED) is 0.256. The number of nitrogens with one attached hydrogen (secondary N) is 2. The third kappa shape index (κ3) is 5.67. The molecule has 0 aliphatic carbocycles. The minimum atomic E-state index is -0.766. The summed E-state index contributed by atoms with van der Waals surface area (Å²) in [5.41, 5.74) is 1.36. The van der Waals surface area contributed by atoms with E-state index in [1.165, 1.54) is 18.2 Å². The van der Waals surface area contributed by atoms with Crippen molar-refractivity contribution >= 4 is 75.6 Å². The predicted molar refractivity (Wildman–Crippen MR) is 147 cm³/mol. The molecule has 3 aromatic rings. The minimum Gasteiger partial charge on any atom is -0.459 e. The van der Waals surface area contributed by atoms with Crippen LogP contribution in [0.1, 0.15) is 34.6 Å². The third-order valence-electron chi connectivity index (χ3n) is 5.31. The van der Waals surface area contributed by atoms with Crippen molar-refractivity contribution in [2.24, 2.45) is 0 Å². The summed E-state index contributed by atoms with van der Waals surface area (Å²) >= 11 is 18.4. The van der Waals surface area contributed by atoms with Gasteiger partial charge >= 0.3 is 5.97 Å². The summed E-state index contributed by atoms with van der Waals surface area (Å²) in [6, 6.07) is 17.1. The largest absolute Gasteiger partial charge is 0.459 e. The maximum atomic E-state index is 13.1. The molecule has 3 aromatic carbocycles. The smallest absolute Gasteiger partial charge is 0.338 e. The van der Waals surface area contributed by atoms with Crippen molar-refractivity contribution in [1.82, 2.24) is 0 Å². The highest BCUT2D eigenvalue weighted by molar-refractivity contribution is 6.54. The van der Waals surface area contributed by atoms with Gasteiger partial charge < -0.3 is 15.4 Å². The fourth-order valence-corrected chi connectivity index (χ4v) is 4.15. The standard InChI is InChI=1S/C27H20Cl3N3O5/c1-14(2)38-27(37)15-9-11-17(12-10-15)32-24(34)16-5-3-6-18(13-16)31-23-22(30)25(35)33(26(23)36)20-8-4-7-19(28)21(20)29/h3-14,31H,1-2H3,(H,32,34). The molecule has 0 radical (unpaired) electrons. The van der Waals surface area contributed by atoms with Crippen LogP contribution in [-0.2, 0) is 14.3 Å². The predicted octanol–water partition coefficient (Wildman–Crippen LogP) is 6.25. The van der Waals surface area contributed by atoms with Gasteiger partial charge in [0.25, 0.3) is 17.7 Å². The second kappa shape index (κ2) is 11.3. The lowest BCUT2D eigenvalue weighted by atomic mass is 10.1. The topological polar surface area (TPSA) is 105 Å². The van der Waals surface area contributed by atoms with E-state index in [-0.39, 0.29) is 38.1 Å². The van der Waals surface area contributed by atoms with Gasteiger partial charge in [0.05, 0.1) is 27.4 Å². The normalized spacial score (nSPS) is 13.3. The number of rotatable bonds is 7. The lowest BCUT2D eigenvalue weighted by molar-refractivity contribution is -0.120. The van der Waals surface area contributed by atoms with Gasteiger partial charge in [0.2, 0.25) is 0 Å². The first-order chi connectivity index (χ1) is 18.1. The Morgan fingerprint density at radius 3 is 2.21 bits per heavy atom. The van der Waals surface area contributed by atoms with Crippen LogP contribution < -0.4 is 15.5 Å². The summed E-state index contributed by atoms with van der Waals surface area (Å²) in [5, 5.41) is 5.43. The Bertz CT molecular complexity index is 1490. The molecule has 1 aliphatic rings. The SMILES string of the molecule is CC(C)OC(=O)c1ccc(NC(=O)c2cccc(NC3=C(Cl)C(=O)N(c4cccc(Cl)c4Cl)C3=O)c2)cc1. The molecule has 0 bridgehead atoms. The fraction of sp³-hybridized carbons (Fsp3) is 0.111. The molecule has 0 spiro atoms. The molecular formula is C27H20Cl3N3O5. The van der Waals surface area contributed by atoms with Crippen molar-refractivity contribution in [2.75, 3.05) is 15.5 Å². The van der Waals surface area contributed by atoms with E-state index >= 15 is 0 Å². The van der Waals surface area contributed by atoms with E-state index in [4.69, 9.17) is 39.5 Å². The number of amides is 3. The van der Waals surface area contributed by atoms with Crippen molar-refractivity contribution in [3.8, 4) is 0 Å². The molecule has 11 heteroatoms. The van der Waals surface area contributed by atoms with Gasteiger partial charge in [-0.25, -0.2) is 9.69 Å².